The third-order valence-corrected chi connectivity index (χ3v) is 2.41. The van der Waals surface area contributed by atoms with E-state index in [1.54, 1.807) is 32.2 Å². The van der Waals surface area contributed by atoms with Crippen molar-refractivity contribution in [2.75, 3.05) is 7.11 Å². The maximum atomic E-state index is 11.7. The molecule has 1 rings (SSSR count). The minimum Gasteiger partial charge on any atom is -0.467 e. The van der Waals surface area contributed by atoms with E-state index in [0.717, 1.165) is 0 Å². The molecule has 1 aromatic rings. The van der Waals surface area contributed by atoms with Gasteiger partial charge in [0, 0.05) is 12.4 Å². The van der Waals surface area contributed by atoms with Crippen LogP contribution in [-0.4, -0.2) is 42.3 Å². The number of carbonyl (C=O) groups is 2. The summed E-state index contributed by atoms with van der Waals surface area (Å²) in [4.78, 5) is 31.0. The van der Waals surface area contributed by atoms with Crippen molar-refractivity contribution >= 4 is 18.1 Å². The van der Waals surface area contributed by atoms with Gasteiger partial charge in [0.15, 0.2) is 0 Å². The molecule has 0 saturated carbocycles. The summed E-state index contributed by atoms with van der Waals surface area (Å²) in [5, 5.41) is 2.52. The van der Waals surface area contributed by atoms with E-state index in [9.17, 15) is 9.59 Å². The Morgan fingerprint density at radius 3 is 2.74 bits per heavy atom. The third kappa shape index (κ3) is 4.87. The van der Waals surface area contributed by atoms with Gasteiger partial charge in [-0.2, -0.15) is 0 Å². The van der Waals surface area contributed by atoms with Gasteiger partial charge in [-0.3, -0.25) is 14.8 Å². The van der Waals surface area contributed by atoms with Crippen LogP contribution in [0.4, 0.5) is 0 Å². The summed E-state index contributed by atoms with van der Waals surface area (Å²) in [6.07, 6.45) is 3.17. The SMILES string of the molecule is COC(=O)[C@H](C)NC(=O)[C@H](C)N=Cc1ccccn1. The molecule has 0 spiro atoms. The van der Waals surface area contributed by atoms with Crippen molar-refractivity contribution in [1.29, 1.82) is 0 Å². The number of aromatic nitrogens is 1. The first-order valence-corrected chi connectivity index (χ1v) is 5.87. The fourth-order valence-electron chi connectivity index (χ4n) is 1.28. The fourth-order valence-corrected chi connectivity index (χ4v) is 1.28. The van der Waals surface area contributed by atoms with E-state index < -0.39 is 18.1 Å². The summed E-state index contributed by atoms with van der Waals surface area (Å²) in [6, 6.07) is 4.12. The smallest absolute Gasteiger partial charge is 0.328 e. The van der Waals surface area contributed by atoms with Crippen LogP contribution in [-0.2, 0) is 14.3 Å². The van der Waals surface area contributed by atoms with Gasteiger partial charge < -0.3 is 10.1 Å². The lowest BCUT2D eigenvalue weighted by Gasteiger charge is -2.13. The first kappa shape index (κ1) is 14.8. The monoisotopic (exact) mass is 263 g/mol. The molecule has 0 aliphatic heterocycles. The number of hydrogen-bond donors (Lipinski definition) is 1. The van der Waals surface area contributed by atoms with Gasteiger partial charge in [0.2, 0.25) is 5.91 Å². The number of nitrogens with zero attached hydrogens (tertiary/aromatic N) is 2. The third-order valence-electron chi connectivity index (χ3n) is 2.41. The number of methoxy groups -OCH3 is 1. The van der Waals surface area contributed by atoms with Gasteiger partial charge in [0.1, 0.15) is 12.1 Å². The van der Waals surface area contributed by atoms with Gasteiger partial charge in [-0.1, -0.05) is 6.07 Å². The van der Waals surface area contributed by atoms with Crippen molar-refractivity contribution in [3.05, 3.63) is 30.1 Å². The van der Waals surface area contributed by atoms with Crippen LogP contribution in [0.2, 0.25) is 0 Å². The normalized spacial score (nSPS) is 13.8. The summed E-state index contributed by atoms with van der Waals surface area (Å²) >= 11 is 0. The molecule has 0 aromatic carbocycles. The summed E-state index contributed by atoms with van der Waals surface area (Å²) in [5.41, 5.74) is 0.670. The molecule has 2 atom stereocenters. The van der Waals surface area contributed by atoms with Crippen molar-refractivity contribution in [1.82, 2.24) is 10.3 Å². The molecule has 19 heavy (non-hydrogen) atoms. The van der Waals surface area contributed by atoms with Crippen molar-refractivity contribution in [2.45, 2.75) is 25.9 Å². The first-order chi connectivity index (χ1) is 9.04. The average molecular weight is 263 g/mol. The highest BCUT2D eigenvalue weighted by Gasteiger charge is 2.19. The quantitative estimate of drug-likeness (QED) is 0.622. The molecule has 0 fully saturated rings. The van der Waals surface area contributed by atoms with Gasteiger partial charge in [0.25, 0.3) is 0 Å². The Morgan fingerprint density at radius 1 is 1.42 bits per heavy atom. The number of rotatable bonds is 5. The summed E-state index contributed by atoms with van der Waals surface area (Å²) in [5.74, 6) is -0.834. The van der Waals surface area contributed by atoms with E-state index >= 15 is 0 Å². The Bertz CT molecular complexity index is 459. The highest BCUT2D eigenvalue weighted by molar-refractivity contribution is 5.89. The molecule has 0 unspecified atom stereocenters. The zero-order valence-corrected chi connectivity index (χ0v) is 11.2. The van der Waals surface area contributed by atoms with Gasteiger partial charge in [-0.15, -0.1) is 0 Å². The number of carbonyl (C=O) groups excluding carboxylic acids is 2. The van der Waals surface area contributed by atoms with E-state index in [4.69, 9.17) is 0 Å². The number of amides is 1. The van der Waals surface area contributed by atoms with E-state index in [1.807, 2.05) is 6.07 Å². The van der Waals surface area contributed by atoms with Crippen LogP contribution in [0.15, 0.2) is 29.4 Å². The molecular formula is C13H17N3O3. The fraction of sp³-hybridized carbons (Fsp3) is 0.385. The van der Waals surface area contributed by atoms with Crippen LogP contribution < -0.4 is 5.32 Å². The molecule has 0 radical (unpaired) electrons. The molecular weight excluding hydrogens is 246 g/mol. The van der Waals surface area contributed by atoms with Crippen molar-refractivity contribution in [3.63, 3.8) is 0 Å². The molecule has 0 saturated heterocycles. The second kappa shape index (κ2) is 7.25. The minimum atomic E-state index is -0.690. The number of nitrogens with one attached hydrogen (secondary N) is 1. The van der Waals surface area contributed by atoms with Crippen LogP contribution in [0.25, 0.3) is 0 Å². The molecule has 1 N–H and O–H groups in total. The highest BCUT2D eigenvalue weighted by atomic mass is 16.5. The van der Waals surface area contributed by atoms with Crippen LogP contribution in [0.1, 0.15) is 19.5 Å². The second-order valence-corrected chi connectivity index (χ2v) is 3.96. The molecule has 1 heterocycles. The zero-order chi connectivity index (χ0) is 14.3. The lowest BCUT2D eigenvalue weighted by Crippen LogP contribution is -2.43. The van der Waals surface area contributed by atoms with Crippen molar-refractivity contribution in [3.8, 4) is 0 Å². The Labute approximate surface area is 111 Å². The van der Waals surface area contributed by atoms with Gasteiger partial charge in [-0.25, -0.2) is 4.79 Å². The van der Waals surface area contributed by atoms with Crippen LogP contribution >= 0.6 is 0 Å². The zero-order valence-electron chi connectivity index (χ0n) is 11.2. The van der Waals surface area contributed by atoms with E-state index in [1.165, 1.54) is 13.3 Å². The lowest BCUT2D eigenvalue weighted by molar-refractivity contribution is -0.144. The number of ether oxygens (including phenoxy) is 1. The van der Waals surface area contributed by atoms with Crippen molar-refractivity contribution in [2.24, 2.45) is 4.99 Å². The van der Waals surface area contributed by atoms with Gasteiger partial charge in [0.05, 0.1) is 12.8 Å². The molecule has 1 amide bonds. The molecule has 6 heteroatoms. The van der Waals surface area contributed by atoms with Crippen LogP contribution in [0, 0.1) is 0 Å². The van der Waals surface area contributed by atoms with E-state index in [2.05, 4.69) is 20.0 Å². The molecule has 0 bridgehead atoms. The van der Waals surface area contributed by atoms with Crippen molar-refractivity contribution < 1.29 is 14.3 Å². The second-order valence-electron chi connectivity index (χ2n) is 3.96. The lowest BCUT2D eigenvalue weighted by atomic mass is 10.2. The summed E-state index contributed by atoms with van der Waals surface area (Å²) < 4.78 is 4.52. The number of hydrogen-bond acceptors (Lipinski definition) is 5. The number of pyridine rings is 1. The Balaban J connectivity index is 2.54. The maximum Gasteiger partial charge on any atom is 0.328 e. The number of esters is 1. The standard InChI is InChI=1S/C13H17N3O3/c1-9(12(17)16-10(2)13(18)19-3)15-8-11-6-4-5-7-14-11/h4-10H,1-3H3,(H,16,17)/t9-,10-/m0/s1. The van der Waals surface area contributed by atoms with Crippen LogP contribution in [0.3, 0.4) is 0 Å². The number of aliphatic imine (C=N–C) groups is 1. The summed E-state index contributed by atoms with van der Waals surface area (Å²) in [6.45, 7) is 3.19. The predicted molar refractivity (Wildman–Crippen MR) is 70.9 cm³/mol. The molecule has 0 aliphatic rings. The van der Waals surface area contributed by atoms with E-state index in [0.29, 0.717) is 5.69 Å². The average Bonchev–Trinajstić information content (AvgIpc) is 2.44. The Hall–Kier alpha value is -2.24. The minimum absolute atomic E-state index is 0.343. The highest BCUT2D eigenvalue weighted by Crippen LogP contribution is 1.95. The molecule has 102 valence electrons. The maximum absolute atomic E-state index is 11.7. The topological polar surface area (TPSA) is 80.6 Å². The van der Waals surface area contributed by atoms with Gasteiger partial charge >= 0.3 is 5.97 Å². The Morgan fingerprint density at radius 2 is 2.16 bits per heavy atom. The molecule has 6 nitrogen and oxygen atoms in total. The molecule has 1 aromatic heterocycles. The first-order valence-electron chi connectivity index (χ1n) is 5.87. The largest absolute Gasteiger partial charge is 0.467 e. The molecule has 0 aliphatic carbocycles. The Kier molecular flexibility index (Phi) is 5.66. The predicted octanol–water partition coefficient (Wildman–Crippen LogP) is 0.567. The van der Waals surface area contributed by atoms with Gasteiger partial charge in [-0.05, 0) is 26.0 Å². The van der Waals surface area contributed by atoms with E-state index in [-0.39, 0.29) is 5.91 Å². The summed E-state index contributed by atoms with van der Waals surface area (Å²) in [7, 11) is 1.27. The van der Waals surface area contributed by atoms with Crippen LogP contribution in [0.5, 0.6) is 0 Å².